The summed E-state index contributed by atoms with van der Waals surface area (Å²) < 4.78 is 5.26. The Morgan fingerprint density at radius 2 is 2.15 bits per heavy atom. The molecule has 7 heteroatoms. The fraction of sp³-hybridized carbons (Fsp3) is 0.350. The highest BCUT2D eigenvalue weighted by molar-refractivity contribution is 8.00. The first-order valence-corrected chi connectivity index (χ1v) is 10.0. The molecule has 0 radical (unpaired) electrons. The molecule has 0 aliphatic heterocycles. The minimum absolute atomic E-state index is 0.205. The van der Waals surface area contributed by atoms with Gasteiger partial charge in [-0.1, -0.05) is 23.4 Å². The quantitative estimate of drug-likeness (QED) is 0.740. The van der Waals surface area contributed by atoms with Crippen molar-refractivity contribution < 1.29 is 9.53 Å². The number of aryl methyl sites for hydroxylation is 2. The van der Waals surface area contributed by atoms with Crippen molar-refractivity contribution in [3.8, 4) is 11.8 Å². The van der Waals surface area contributed by atoms with Crippen molar-refractivity contribution in [2.75, 3.05) is 12.4 Å². The number of carbonyl (C=O) groups is 1. The van der Waals surface area contributed by atoms with Gasteiger partial charge in [-0.25, -0.2) is 4.98 Å². The zero-order chi connectivity index (χ0) is 19.4. The molecule has 1 N–H and O–H groups in total. The molecule has 1 aliphatic rings. The highest BCUT2D eigenvalue weighted by Crippen LogP contribution is 2.32. The van der Waals surface area contributed by atoms with Gasteiger partial charge < -0.3 is 10.1 Å². The number of nitrogens with zero attached hydrogens (tertiary/aromatic N) is 2. The molecule has 0 spiro atoms. The molecule has 0 fully saturated rings. The standard InChI is InChI=1S/C20H20ClN3O2S/c1-12(19(25)23-17-10-15(21)7-8-18(17)26-2)27-20-14(11-22)9-13-5-3-4-6-16(13)24-20/h7-10,12H,3-6H2,1-2H3,(H,23,25). The Kier molecular flexibility index (Phi) is 6.25. The number of carbonyl (C=O) groups excluding carboxylic acids is 1. The van der Waals surface area contributed by atoms with Crippen LogP contribution in [-0.2, 0) is 17.6 Å². The van der Waals surface area contributed by atoms with Crippen LogP contribution >= 0.6 is 23.4 Å². The van der Waals surface area contributed by atoms with E-state index < -0.39 is 5.25 Å². The Labute approximate surface area is 168 Å². The maximum absolute atomic E-state index is 12.6. The number of ether oxygens (including phenoxy) is 1. The molecular weight excluding hydrogens is 382 g/mol. The second-order valence-corrected chi connectivity index (χ2v) is 8.13. The number of nitriles is 1. The molecule has 1 unspecified atom stereocenters. The van der Waals surface area contributed by atoms with E-state index in [0.29, 0.717) is 27.0 Å². The number of methoxy groups -OCH3 is 1. The predicted octanol–water partition coefficient (Wildman–Crippen LogP) is 4.61. The molecule has 27 heavy (non-hydrogen) atoms. The van der Waals surface area contributed by atoms with Gasteiger partial charge in [-0.05, 0) is 62.4 Å². The van der Waals surface area contributed by atoms with E-state index >= 15 is 0 Å². The SMILES string of the molecule is COc1ccc(Cl)cc1NC(=O)C(C)Sc1nc2c(cc1C#N)CCCC2. The van der Waals surface area contributed by atoms with Crippen LogP contribution in [-0.4, -0.2) is 23.3 Å². The lowest BCUT2D eigenvalue weighted by Gasteiger charge is -2.18. The number of rotatable bonds is 5. The van der Waals surface area contributed by atoms with Crippen molar-refractivity contribution in [2.45, 2.75) is 42.9 Å². The van der Waals surface area contributed by atoms with Gasteiger partial charge in [-0.15, -0.1) is 0 Å². The number of halogens is 1. The van der Waals surface area contributed by atoms with Crippen LogP contribution < -0.4 is 10.1 Å². The van der Waals surface area contributed by atoms with Gasteiger partial charge in [0.15, 0.2) is 0 Å². The third kappa shape index (κ3) is 4.55. The van der Waals surface area contributed by atoms with E-state index in [2.05, 4.69) is 16.4 Å². The molecule has 1 aromatic carbocycles. The summed E-state index contributed by atoms with van der Waals surface area (Å²) in [5, 5.41) is 13.0. The number of thioether (sulfide) groups is 1. The second kappa shape index (κ2) is 8.64. The number of aromatic nitrogens is 1. The largest absolute Gasteiger partial charge is 0.495 e. The van der Waals surface area contributed by atoms with Crippen LogP contribution in [0.2, 0.25) is 5.02 Å². The maximum atomic E-state index is 12.6. The lowest BCUT2D eigenvalue weighted by atomic mass is 9.95. The number of pyridine rings is 1. The molecule has 0 saturated heterocycles. The smallest absolute Gasteiger partial charge is 0.237 e. The highest BCUT2D eigenvalue weighted by Gasteiger charge is 2.21. The van der Waals surface area contributed by atoms with E-state index in [-0.39, 0.29) is 5.91 Å². The molecule has 3 rings (SSSR count). The van der Waals surface area contributed by atoms with Crippen molar-refractivity contribution >= 4 is 35.0 Å². The van der Waals surface area contributed by atoms with Crippen LogP contribution in [0.5, 0.6) is 5.75 Å². The molecule has 1 heterocycles. The van der Waals surface area contributed by atoms with Gasteiger partial charge in [-0.3, -0.25) is 4.79 Å². The van der Waals surface area contributed by atoms with Crippen LogP contribution in [0.1, 0.15) is 36.6 Å². The van der Waals surface area contributed by atoms with E-state index in [9.17, 15) is 10.1 Å². The molecule has 5 nitrogen and oxygen atoms in total. The summed E-state index contributed by atoms with van der Waals surface area (Å²) >= 11 is 7.31. The van der Waals surface area contributed by atoms with Crippen LogP contribution in [0, 0.1) is 11.3 Å². The summed E-state index contributed by atoms with van der Waals surface area (Å²) in [5.41, 5.74) is 3.25. The normalized spacial score (nSPS) is 14.0. The van der Waals surface area contributed by atoms with Crippen molar-refractivity contribution in [3.63, 3.8) is 0 Å². The van der Waals surface area contributed by atoms with Gasteiger partial charge in [-0.2, -0.15) is 5.26 Å². The Hall–Kier alpha value is -2.23. The van der Waals surface area contributed by atoms with E-state index in [0.717, 1.165) is 36.9 Å². The van der Waals surface area contributed by atoms with Gasteiger partial charge in [0, 0.05) is 10.7 Å². The summed E-state index contributed by atoms with van der Waals surface area (Å²) in [6.07, 6.45) is 4.13. The molecule has 0 saturated carbocycles. The fourth-order valence-corrected chi connectivity index (χ4v) is 4.09. The fourth-order valence-electron chi connectivity index (χ4n) is 3.02. The molecule has 1 aromatic heterocycles. The molecule has 0 bridgehead atoms. The summed E-state index contributed by atoms with van der Waals surface area (Å²) in [7, 11) is 1.54. The Balaban J connectivity index is 1.77. The average molecular weight is 402 g/mol. The van der Waals surface area contributed by atoms with Gasteiger partial charge in [0.05, 0.1) is 23.6 Å². The number of fused-ring (bicyclic) bond motifs is 1. The number of benzene rings is 1. The molecule has 1 atom stereocenters. The van der Waals surface area contributed by atoms with Crippen LogP contribution in [0.4, 0.5) is 5.69 Å². The Morgan fingerprint density at radius 3 is 2.89 bits per heavy atom. The van der Waals surface area contributed by atoms with Crippen molar-refractivity contribution in [2.24, 2.45) is 0 Å². The third-order valence-corrected chi connectivity index (χ3v) is 5.80. The topological polar surface area (TPSA) is 75.0 Å². The first-order valence-electron chi connectivity index (χ1n) is 8.75. The Morgan fingerprint density at radius 1 is 1.37 bits per heavy atom. The van der Waals surface area contributed by atoms with Gasteiger partial charge in [0.1, 0.15) is 16.8 Å². The summed E-state index contributed by atoms with van der Waals surface area (Å²) in [4.78, 5) is 17.3. The lowest BCUT2D eigenvalue weighted by Crippen LogP contribution is -2.23. The number of hydrogen-bond donors (Lipinski definition) is 1. The van der Waals surface area contributed by atoms with E-state index in [1.54, 1.807) is 25.1 Å². The molecule has 1 aliphatic carbocycles. The molecule has 2 aromatic rings. The average Bonchev–Trinajstić information content (AvgIpc) is 2.67. The van der Waals surface area contributed by atoms with E-state index in [1.165, 1.54) is 18.9 Å². The minimum atomic E-state index is -0.435. The zero-order valence-electron chi connectivity index (χ0n) is 15.2. The number of hydrogen-bond acceptors (Lipinski definition) is 5. The number of anilines is 1. The van der Waals surface area contributed by atoms with Gasteiger partial charge in [0.2, 0.25) is 5.91 Å². The summed E-state index contributed by atoms with van der Waals surface area (Å²) in [6, 6.07) is 9.19. The summed E-state index contributed by atoms with van der Waals surface area (Å²) in [5.74, 6) is 0.332. The van der Waals surface area contributed by atoms with E-state index in [4.69, 9.17) is 16.3 Å². The summed E-state index contributed by atoms with van der Waals surface area (Å²) in [6.45, 7) is 1.79. The van der Waals surface area contributed by atoms with Crippen LogP contribution in [0.25, 0.3) is 0 Å². The Bertz CT molecular complexity index is 911. The van der Waals surface area contributed by atoms with Gasteiger partial charge in [0.25, 0.3) is 0 Å². The predicted molar refractivity (Wildman–Crippen MR) is 108 cm³/mol. The monoisotopic (exact) mass is 401 g/mol. The third-order valence-electron chi connectivity index (χ3n) is 4.46. The first-order chi connectivity index (χ1) is 13.0. The zero-order valence-corrected chi connectivity index (χ0v) is 16.8. The minimum Gasteiger partial charge on any atom is -0.495 e. The van der Waals surface area contributed by atoms with E-state index in [1.807, 2.05) is 6.07 Å². The van der Waals surface area contributed by atoms with Crippen molar-refractivity contribution in [1.29, 1.82) is 5.26 Å². The van der Waals surface area contributed by atoms with Crippen molar-refractivity contribution in [3.05, 3.63) is 46.1 Å². The second-order valence-electron chi connectivity index (χ2n) is 6.36. The van der Waals surface area contributed by atoms with Crippen molar-refractivity contribution in [1.82, 2.24) is 4.98 Å². The highest BCUT2D eigenvalue weighted by atomic mass is 35.5. The lowest BCUT2D eigenvalue weighted by molar-refractivity contribution is -0.115. The van der Waals surface area contributed by atoms with Crippen LogP contribution in [0.3, 0.4) is 0 Å². The number of nitrogens with one attached hydrogen (secondary N) is 1. The number of amides is 1. The van der Waals surface area contributed by atoms with Gasteiger partial charge >= 0.3 is 0 Å². The molecule has 1 amide bonds. The maximum Gasteiger partial charge on any atom is 0.237 e. The first kappa shape index (κ1) is 19.5. The molecular formula is C20H20ClN3O2S. The molecule has 140 valence electrons. The van der Waals surface area contributed by atoms with Crippen LogP contribution in [0.15, 0.2) is 29.3 Å².